The van der Waals surface area contributed by atoms with Crippen LogP contribution in [0.3, 0.4) is 0 Å². The lowest BCUT2D eigenvalue weighted by atomic mass is 10.1. The molecule has 2 rings (SSSR count). The van der Waals surface area contributed by atoms with E-state index in [-0.39, 0.29) is 0 Å². The van der Waals surface area contributed by atoms with Gasteiger partial charge in [-0.25, -0.2) is 0 Å². The molecule has 0 radical (unpaired) electrons. The van der Waals surface area contributed by atoms with Gasteiger partial charge in [0.2, 0.25) is 0 Å². The second-order valence-corrected chi connectivity index (χ2v) is 10.3. The van der Waals surface area contributed by atoms with E-state index in [1.807, 2.05) is 0 Å². The van der Waals surface area contributed by atoms with Crippen LogP contribution < -0.4 is 10.6 Å². The zero-order chi connectivity index (χ0) is 20.4. The van der Waals surface area contributed by atoms with E-state index in [1.165, 1.54) is 58.5 Å². The van der Waals surface area contributed by atoms with Crippen molar-refractivity contribution < 1.29 is 0 Å². The van der Waals surface area contributed by atoms with Crippen molar-refractivity contribution in [3.05, 3.63) is 0 Å². The van der Waals surface area contributed by atoms with Gasteiger partial charge in [0, 0.05) is 43.8 Å². The smallest absolute Gasteiger partial charge is 0.0209 e. The van der Waals surface area contributed by atoms with Crippen molar-refractivity contribution in [2.45, 2.75) is 98.8 Å². The van der Waals surface area contributed by atoms with Crippen molar-refractivity contribution in [2.24, 2.45) is 11.8 Å². The number of likely N-dealkylation sites (tertiary alicyclic amines) is 2. The van der Waals surface area contributed by atoms with Crippen LogP contribution in [0.4, 0.5) is 0 Å². The molecule has 2 N–H and O–H groups in total. The molecule has 2 saturated heterocycles. The molecular formula is C23H50N4. The maximum atomic E-state index is 3.62. The minimum atomic E-state index is 0.629. The normalized spacial score (nSPS) is 24.4. The van der Waals surface area contributed by atoms with Crippen LogP contribution in [0.2, 0.25) is 0 Å². The molecule has 0 saturated carbocycles. The maximum Gasteiger partial charge on any atom is 0.0209 e. The molecule has 0 aromatic carbocycles. The molecule has 4 heteroatoms. The van der Waals surface area contributed by atoms with Gasteiger partial charge in [-0.15, -0.1) is 0 Å². The SMILES string of the molecule is CC(C)CCN1CC[C@H](NC(C)C)C1.CC(C)CN1CC[C@H](NC(C)C)C1. The molecule has 0 amide bonds. The van der Waals surface area contributed by atoms with E-state index in [1.54, 1.807) is 0 Å². The minimum absolute atomic E-state index is 0.629. The summed E-state index contributed by atoms with van der Waals surface area (Å²) in [5.74, 6) is 1.64. The number of nitrogens with zero attached hydrogens (tertiary/aromatic N) is 2. The second kappa shape index (κ2) is 13.1. The Kier molecular flexibility index (Phi) is 12.1. The van der Waals surface area contributed by atoms with Gasteiger partial charge in [0.05, 0.1) is 0 Å². The van der Waals surface area contributed by atoms with Gasteiger partial charge in [0.15, 0.2) is 0 Å². The number of hydrogen-bond acceptors (Lipinski definition) is 4. The number of rotatable bonds is 9. The van der Waals surface area contributed by atoms with E-state index in [2.05, 4.69) is 75.8 Å². The summed E-state index contributed by atoms with van der Waals surface area (Å²) in [4.78, 5) is 5.17. The van der Waals surface area contributed by atoms with Gasteiger partial charge in [-0.3, -0.25) is 0 Å². The first-order chi connectivity index (χ1) is 12.7. The highest BCUT2D eigenvalue weighted by molar-refractivity contribution is 4.83. The molecule has 0 bridgehead atoms. The molecular weight excluding hydrogens is 332 g/mol. The Morgan fingerprint density at radius 2 is 1.19 bits per heavy atom. The van der Waals surface area contributed by atoms with Crippen LogP contribution in [0.15, 0.2) is 0 Å². The van der Waals surface area contributed by atoms with Gasteiger partial charge in [0.25, 0.3) is 0 Å². The summed E-state index contributed by atoms with van der Waals surface area (Å²) in [6.45, 7) is 25.7. The standard InChI is InChI=1S/C12H26N2.C11H24N2/c1-10(2)5-7-14-8-6-12(9-14)13-11(3)4;1-9(2)7-13-6-5-11(8-13)12-10(3)4/h10-13H,5-9H2,1-4H3;9-12H,5-8H2,1-4H3/t12-;11-/m00/s1. The second-order valence-electron chi connectivity index (χ2n) is 10.3. The zero-order valence-corrected chi connectivity index (χ0v) is 19.7. The predicted octanol–water partition coefficient (Wildman–Crippen LogP) is 3.82. The molecule has 2 fully saturated rings. The molecule has 2 aliphatic heterocycles. The van der Waals surface area contributed by atoms with E-state index >= 15 is 0 Å². The average molecular weight is 383 g/mol. The third-order valence-corrected chi connectivity index (χ3v) is 5.33. The molecule has 0 aromatic heterocycles. The summed E-state index contributed by atoms with van der Waals surface area (Å²) in [5.41, 5.74) is 0. The minimum Gasteiger partial charge on any atom is -0.310 e. The first-order valence-electron chi connectivity index (χ1n) is 11.6. The van der Waals surface area contributed by atoms with Crippen molar-refractivity contribution in [3.63, 3.8) is 0 Å². The molecule has 27 heavy (non-hydrogen) atoms. The monoisotopic (exact) mass is 382 g/mol. The molecule has 0 spiro atoms. The molecule has 0 aliphatic carbocycles. The van der Waals surface area contributed by atoms with Gasteiger partial charge in [-0.1, -0.05) is 55.4 Å². The van der Waals surface area contributed by atoms with Crippen LogP contribution in [0.5, 0.6) is 0 Å². The summed E-state index contributed by atoms with van der Waals surface area (Å²) in [6.07, 6.45) is 4.00. The summed E-state index contributed by atoms with van der Waals surface area (Å²) >= 11 is 0. The molecule has 0 unspecified atom stereocenters. The highest BCUT2D eigenvalue weighted by Crippen LogP contribution is 2.12. The lowest BCUT2D eigenvalue weighted by Crippen LogP contribution is -2.37. The largest absolute Gasteiger partial charge is 0.310 e. The fourth-order valence-electron chi connectivity index (χ4n) is 4.21. The fraction of sp³-hybridized carbons (Fsp3) is 1.00. The predicted molar refractivity (Wildman–Crippen MR) is 121 cm³/mol. The fourth-order valence-corrected chi connectivity index (χ4v) is 4.21. The van der Waals surface area contributed by atoms with Gasteiger partial charge in [-0.05, 0) is 50.7 Å². The van der Waals surface area contributed by atoms with E-state index < -0.39 is 0 Å². The average Bonchev–Trinajstić information content (AvgIpc) is 3.13. The van der Waals surface area contributed by atoms with Crippen molar-refractivity contribution in [2.75, 3.05) is 39.3 Å². The highest BCUT2D eigenvalue weighted by atomic mass is 15.2. The quantitative estimate of drug-likeness (QED) is 0.635. The Morgan fingerprint density at radius 3 is 1.63 bits per heavy atom. The third-order valence-electron chi connectivity index (χ3n) is 5.33. The van der Waals surface area contributed by atoms with Gasteiger partial charge >= 0.3 is 0 Å². The summed E-state index contributed by atoms with van der Waals surface area (Å²) in [6, 6.07) is 2.73. The van der Waals surface area contributed by atoms with E-state index in [4.69, 9.17) is 0 Å². The maximum absolute atomic E-state index is 3.62. The molecule has 2 aliphatic rings. The van der Waals surface area contributed by atoms with Crippen LogP contribution >= 0.6 is 0 Å². The van der Waals surface area contributed by atoms with Gasteiger partial charge in [0.1, 0.15) is 0 Å². The lowest BCUT2D eigenvalue weighted by molar-refractivity contribution is 0.288. The van der Waals surface area contributed by atoms with Crippen LogP contribution in [-0.4, -0.2) is 73.2 Å². The van der Waals surface area contributed by atoms with Gasteiger partial charge < -0.3 is 20.4 Å². The van der Waals surface area contributed by atoms with Crippen LogP contribution in [0, 0.1) is 11.8 Å². The first-order valence-corrected chi connectivity index (χ1v) is 11.6. The molecule has 4 nitrogen and oxygen atoms in total. The van der Waals surface area contributed by atoms with E-state index in [0.29, 0.717) is 12.1 Å². The van der Waals surface area contributed by atoms with Crippen molar-refractivity contribution in [1.29, 1.82) is 0 Å². The summed E-state index contributed by atoms with van der Waals surface area (Å²) in [5, 5.41) is 7.22. The van der Waals surface area contributed by atoms with Crippen LogP contribution in [0.1, 0.15) is 74.7 Å². The highest BCUT2D eigenvalue weighted by Gasteiger charge is 2.23. The van der Waals surface area contributed by atoms with E-state index in [9.17, 15) is 0 Å². The third kappa shape index (κ3) is 12.1. The Bertz CT molecular complexity index is 351. The first kappa shape index (κ1) is 24.9. The Morgan fingerprint density at radius 1 is 0.704 bits per heavy atom. The van der Waals surface area contributed by atoms with Gasteiger partial charge in [-0.2, -0.15) is 0 Å². The molecule has 2 atom stereocenters. The summed E-state index contributed by atoms with van der Waals surface area (Å²) in [7, 11) is 0. The lowest BCUT2D eigenvalue weighted by Gasteiger charge is -2.19. The topological polar surface area (TPSA) is 30.5 Å². The molecule has 0 aromatic rings. The Labute approximate surface area is 170 Å². The Hall–Kier alpha value is -0.160. The van der Waals surface area contributed by atoms with Crippen molar-refractivity contribution in [3.8, 4) is 0 Å². The van der Waals surface area contributed by atoms with Crippen LogP contribution in [-0.2, 0) is 0 Å². The zero-order valence-electron chi connectivity index (χ0n) is 19.7. The summed E-state index contributed by atoms with van der Waals surface area (Å²) < 4.78 is 0. The van der Waals surface area contributed by atoms with Crippen molar-refractivity contribution in [1.82, 2.24) is 20.4 Å². The molecule has 162 valence electrons. The number of nitrogens with one attached hydrogen (secondary N) is 2. The molecule has 2 heterocycles. The Balaban J connectivity index is 0.000000271. The van der Waals surface area contributed by atoms with Crippen molar-refractivity contribution >= 4 is 0 Å². The van der Waals surface area contributed by atoms with Crippen LogP contribution in [0.25, 0.3) is 0 Å². The van der Waals surface area contributed by atoms with E-state index in [0.717, 1.165) is 23.9 Å². The number of hydrogen-bond donors (Lipinski definition) is 2.